The summed E-state index contributed by atoms with van der Waals surface area (Å²) in [6, 6.07) is 11.9. The van der Waals surface area contributed by atoms with E-state index >= 15 is 0 Å². The molecule has 0 aliphatic carbocycles. The lowest BCUT2D eigenvalue weighted by molar-refractivity contribution is 0.102. The van der Waals surface area contributed by atoms with E-state index in [1.807, 2.05) is 53.1 Å². The van der Waals surface area contributed by atoms with E-state index in [2.05, 4.69) is 5.32 Å². The van der Waals surface area contributed by atoms with Crippen LogP contribution in [0.15, 0.2) is 42.5 Å². The van der Waals surface area contributed by atoms with Gasteiger partial charge in [-0.1, -0.05) is 12.1 Å². The summed E-state index contributed by atoms with van der Waals surface area (Å²) in [5, 5.41) is 2.81. The molecule has 0 saturated heterocycles. The van der Waals surface area contributed by atoms with E-state index in [4.69, 9.17) is 0 Å². The summed E-state index contributed by atoms with van der Waals surface area (Å²) in [7, 11) is 0. The molecule has 2 aromatic rings. The number of halogens is 2. The first-order valence-corrected chi connectivity index (χ1v) is 8.41. The van der Waals surface area contributed by atoms with Crippen molar-refractivity contribution in [1.29, 1.82) is 0 Å². The maximum atomic E-state index is 13.0. The van der Waals surface area contributed by atoms with Crippen LogP contribution in [0, 0.1) is 9.39 Å². The van der Waals surface area contributed by atoms with E-state index < -0.39 is 0 Å². The zero-order chi connectivity index (χ0) is 14.5. The SMILES string of the molecule is CSCc1ccc(NC(=O)c2ccc(F)cc2I)cc1. The zero-order valence-electron chi connectivity index (χ0n) is 10.8. The highest BCUT2D eigenvalue weighted by Gasteiger charge is 2.10. The number of benzene rings is 2. The summed E-state index contributed by atoms with van der Waals surface area (Å²) in [5.41, 5.74) is 2.42. The molecular weight excluding hydrogens is 388 g/mol. The van der Waals surface area contributed by atoms with Crippen LogP contribution in [0.4, 0.5) is 10.1 Å². The average Bonchev–Trinajstić information content (AvgIpc) is 2.41. The van der Waals surface area contributed by atoms with Crippen molar-refractivity contribution in [3.63, 3.8) is 0 Å². The van der Waals surface area contributed by atoms with E-state index in [9.17, 15) is 9.18 Å². The fraction of sp³-hybridized carbons (Fsp3) is 0.133. The Hall–Kier alpha value is -1.08. The molecule has 104 valence electrons. The van der Waals surface area contributed by atoms with Gasteiger partial charge in [0.2, 0.25) is 0 Å². The lowest BCUT2D eigenvalue weighted by atomic mass is 10.2. The van der Waals surface area contributed by atoms with Crippen molar-refractivity contribution in [3.05, 3.63) is 63.0 Å². The van der Waals surface area contributed by atoms with Gasteiger partial charge >= 0.3 is 0 Å². The van der Waals surface area contributed by atoms with Crippen molar-refractivity contribution >= 4 is 45.9 Å². The Labute approximate surface area is 135 Å². The zero-order valence-corrected chi connectivity index (χ0v) is 13.8. The number of hydrogen-bond donors (Lipinski definition) is 1. The molecule has 0 aromatic heterocycles. The number of carbonyl (C=O) groups excluding carboxylic acids is 1. The Morgan fingerprint density at radius 3 is 2.55 bits per heavy atom. The van der Waals surface area contributed by atoms with E-state index in [0.717, 1.165) is 11.4 Å². The molecule has 2 nitrogen and oxygen atoms in total. The van der Waals surface area contributed by atoms with Crippen molar-refractivity contribution in [1.82, 2.24) is 0 Å². The first-order valence-electron chi connectivity index (χ1n) is 5.94. The van der Waals surface area contributed by atoms with Gasteiger partial charge in [-0.3, -0.25) is 4.79 Å². The van der Waals surface area contributed by atoms with E-state index in [1.165, 1.54) is 23.8 Å². The van der Waals surface area contributed by atoms with Crippen molar-refractivity contribution in [2.24, 2.45) is 0 Å². The Morgan fingerprint density at radius 2 is 1.95 bits per heavy atom. The lowest BCUT2D eigenvalue weighted by Crippen LogP contribution is -2.13. The van der Waals surface area contributed by atoms with Crippen LogP contribution in [-0.4, -0.2) is 12.2 Å². The van der Waals surface area contributed by atoms with Gasteiger partial charge in [-0.15, -0.1) is 0 Å². The van der Waals surface area contributed by atoms with Crippen LogP contribution >= 0.6 is 34.4 Å². The number of rotatable bonds is 4. The normalized spacial score (nSPS) is 10.3. The van der Waals surface area contributed by atoms with Gasteiger partial charge in [-0.2, -0.15) is 11.8 Å². The van der Waals surface area contributed by atoms with Gasteiger partial charge in [0.1, 0.15) is 5.82 Å². The molecule has 0 saturated carbocycles. The molecule has 0 spiro atoms. The Balaban J connectivity index is 2.11. The van der Waals surface area contributed by atoms with Gasteiger partial charge in [0.15, 0.2) is 0 Å². The predicted molar refractivity (Wildman–Crippen MR) is 90.7 cm³/mol. The monoisotopic (exact) mass is 401 g/mol. The van der Waals surface area contributed by atoms with Crippen LogP contribution in [0.5, 0.6) is 0 Å². The molecule has 0 radical (unpaired) electrons. The first-order chi connectivity index (χ1) is 9.60. The molecule has 20 heavy (non-hydrogen) atoms. The summed E-state index contributed by atoms with van der Waals surface area (Å²) < 4.78 is 13.6. The van der Waals surface area contributed by atoms with Gasteiger partial charge in [-0.25, -0.2) is 4.39 Å². The maximum absolute atomic E-state index is 13.0. The minimum absolute atomic E-state index is 0.230. The Bertz CT molecular complexity index is 616. The topological polar surface area (TPSA) is 29.1 Å². The standard InChI is InChI=1S/C15H13FINOS/c1-20-9-10-2-5-12(6-3-10)18-15(19)13-7-4-11(16)8-14(13)17/h2-8H,9H2,1H3,(H,18,19). The molecule has 0 atom stereocenters. The molecule has 0 unspecified atom stereocenters. The second-order valence-corrected chi connectivity index (χ2v) is 6.24. The predicted octanol–water partition coefficient (Wildman–Crippen LogP) is 4.55. The van der Waals surface area contributed by atoms with Crippen molar-refractivity contribution in [3.8, 4) is 0 Å². The number of hydrogen-bond acceptors (Lipinski definition) is 2. The molecule has 2 aromatic carbocycles. The maximum Gasteiger partial charge on any atom is 0.256 e. The fourth-order valence-electron chi connectivity index (χ4n) is 1.72. The highest BCUT2D eigenvalue weighted by molar-refractivity contribution is 14.1. The van der Waals surface area contributed by atoms with Gasteiger partial charge in [0, 0.05) is 15.0 Å². The third kappa shape index (κ3) is 3.96. The smallest absolute Gasteiger partial charge is 0.256 e. The minimum atomic E-state index is -0.340. The molecule has 2 rings (SSSR count). The minimum Gasteiger partial charge on any atom is -0.322 e. The molecule has 0 bridgehead atoms. The van der Waals surface area contributed by atoms with Crippen LogP contribution in [0.1, 0.15) is 15.9 Å². The van der Waals surface area contributed by atoms with Crippen LogP contribution < -0.4 is 5.32 Å². The Kier molecular flexibility index (Phi) is 5.42. The molecular formula is C15H13FINOS. The van der Waals surface area contributed by atoms with Gasteiger partial charge in [-0.05, 0) is 64.7 Å². The average molecular weight is 401 g/mol. The van der Waals surface area contributed by atoms with Crippen LogP contribution in [-0.2, 0) is 5.75 Å². The number of thioether (sulfide) groups is 1. The van der Waals surface area contributed by atoms with Crippen molar-refractivity contribution in [2.75, 3.05) is 11.6 Å². The van der Waals surface area contributed by atoms with Crippen LogP contribution in [0.2, 0.25) is 0 Å². The largest absolute Gasteiger partial charge is 0.322 e. The molecule has 0 fully saturated rings. The van der Waals surface area contributed by atoms with E-state index in [1.54, 1.807) is 11.8 Å². The molecule has 1 amide bonds. The van der Waals surface area contributed by atoms with E-state index in [0.29, 0.717) is 9.13 Å². The van der Waals surface area contributed by atoms with Crippen LogP contribution in [0.3, 0.4) is 0 Å². The van der Waals surface area contributed by atoms with Crippen LogP contribution in [0.25, 0.3) is 0 Å². The number of nitrogens with one attached hydrogen (secondary N) is 1. The Morgan fingerprint density at radius 1 is 1.25 bits per heavy atom. The summed E-state index contributed by atoms with van der Waals surface area (Å²) in [6.45, 7) is 0. The molecule has 0 aliphatic rings. The summed E-state index contributed by atoms with van der Waals surface area (Å²) in [4.78, 5) is 12.1. The fourth-order valence-corrected chi connectivity index (χ4v) is 2.97. The lowest BCUT2D eigenvalue weighted by Gasteiger charge is -2.08. The molecule has 0 heterocycles. The summed E-state index contributed by atoms with van der Waals surface area (Å²) >= 11 is 3.71. The van der Waals surface area contributed by atoms with E-state index in [-0.39, 0.29) is 11.7 Å². The molecule has 0 aliphatic heterocycles. The summed E-state index contributed by atoms with van der Waals surface area (Å²) in [5.74, 6) is 0.378. The highest BCUT2D eigenvalue weighted by Crippen LogP contribution is 2.17. The van der Waals surface area contributed by atoms with Crippen molar-refractivity contribution < 1.29 is 9.18 Å². The van der Waals surface area contributed by atoms with Gasteiger partial charge in [0.05, 0.1) is 5.56 Å². The van der Waals surface area contributed by atoms with Crippen molar-refractivity contribution in [2.45, 2.75) is 5.75 Å². The van der Waals surface area contributed by atoms with Gasteiger partial charge < -0.3 is 5.32 Å². The third-order valence-corrected chi connectivity index (χ3v) is 4.21. The quantitative estimate of drug-likeness (QED) is 0.762. The first kappa shape index (κ1) is 15.3. The summed E-state index contributed by atoms with van der Waals surface area (Å²) in [6.07, 6.45) is 2.05. The highest BCUT2D eigenvalue weighted by atomic mass is 127. The molecule has 1 N–H and O–H groups in total. The second kappa shape index (κ2) is 7.08. The number of carbonyl (C=O) groups is 1. The number of anilines is 1. The van der Waals surface area contributed by atoms with Gasteiger partial charge in [0.25, 0.3) is 5.91 Å². The third-order valence-electron chi connectivity index (χ3n) is 2.70. The second-order valence-electron chi connectivity index (χ2n) is 4.21. The molecule has 5 heteroatoms. The number of amides is 1.